The zero-order chi connectivity index (χ0) is 32.6. The van der Waals surface area contributed by atoms with Crippen LogP contribution in [0.4, 0.5) is 16.2 Å². The second kappa shape index (κ2) is 17.0. The second-order valence-corrected chi connectivity index (χ2v) is 8.69. The Bertz CT molecular complexity index is 1630. The number of benzene rings is 2. The van der Waals surface area contributed by atoms with Crippen LogP contribution in [0.3, 0.4) is 0 Å². The number of rotatable bonds is 12. The first kappa shape index (κ1) is 34.1. The molecule has 0 atom stereocenters. The van der Waals surface area contributed by atoms with Gasteiger partial charge in [0.15, 0.2) is 6.73 Å². The number of carbonyl (C=O) groups is 3. The van der Waals surface area contributed by atoms with Crippen LogP contribution in [0.1, 0.15) is 49.9 Å². The Morgan fingerprint density at radius 1 is 0.705 bits per heavy atom. The monoisotopic (exact) mass is 594 g/mol. The van der Waals surface area contributed by atoms with Crippen molar-refractivity contribution in [2.75, 3.05) is 42.8 Å². The van der Waals surface area contributed by atoms with Crippen molar-refractivity contribution in [1.82, 2.24) is 0 Å². The fourth-order valence-corrected chi connectivity index (χ4v) is 3.88. The Morgan fingerprint density at radius 2 is 1.18 bits per heavy atom. The van der Waals surface area contributed by atoms with Crippen molar-refractivity contribution in [3.8, 4) is 24.3 Å². The highest BCUT2D eigenvalue weighted by atomic mass is 16.6. The van der Waals surface area contributed by atoms with E-state index in [1.54, 1.807) is 62.1 Å². The van der Waals surface area contributed by atoms with E-state index in [1.807, 2.05) is 19.1 Å². The standard InChI is InChI=1S/C32H30N6O6/c1-5-37(28-11-9-22(24(15-28)17-33)13-26(19-35)30(39)42-7-3)21-44-32(41)38(6-2)29-12-10-23(25(16-29)18-34)14-27(20-36)31(40)43-8-4/h9-16H,5-8,21H2,1-4H3/b26-13+,27-14+. The van der Waals surface area contributed by atoms with Gasteiger partial charge in [-0.1, -0.05) is 12.1 Å². The fraction of sp³-hybridized carbons (Fsp3) is 0.281. The summed E-state index contributed by atoms with van der Waals surface area (Å²) in [6, 6.07) is 16.9. The Balaban J connectivity index is 2.27. The van der Waals surface area contributed by atoms with Gasteiger partial charge in [-0.3, -0.25) is 4.90 Å². The minimum Gasteiger partial charge on any atom is -0.462 e. The van der Waals surface area contributed by atoms with Gasteiger partial charge in [-0.25, -0.2) is 14.4 Å². The lowest BCUT2D eigenvalue weighted by atomic mass is 10.0. The van der Waals surface area contributed by atoms with E-state index in [1.165, 1.54) is 29.2 Å². The zero-order valence-electron chi connectivity index (χ0n) is 24.8. The molecule has 0 saturated heterocycles. The van der Waals surface area contributed by atoms with Gasteiger partial charge in [0.05, 0.1) is 36.5 Å². The van der Waals surface area contributed by atoms with Crippen LogP contribution in [0, 0.1) is 45.3 Å². The summed E-state index contributed by atoms with van der Waals surface area (Å²) in [5, 5.41) is 38.0. The number of carbonyl (C=O) groups excluding carboxylic acids is 3. The van der Waals surface area contributed by atoms with E-state index < -0.39 is 18.0 Å². The second-order valence-electron chi connectivity index (χ2n) is 8.69. The van der Waals surface area contributed by atoms with Gasteiger partial charge in [-0.15, -0.1) is 0 Å². The van der Waals surface area contributed by atoms with Gasteiger partial charge >= 0.3 is 18.0 Å². The summed E-state index contributed by atoms with van der Waals surface area (Å²) in [6.45, 7) is 7.42. The fourth-order valence-electron chi connectivity index (χ4n) is 3.88. The molecule has 44 heavy (non-hydrogen) atoms. The van der Waals surface area contributed by atoms with E-state index in [2.05, 4.69) is 0 Å². The van der Waals surface area contributed by atoms with E-state index in [0.717, 1.165) is 0 Å². The molecule has 0 heterocycles. The van der Waals surface area contributed by atoms with Crippen LogP contribution in [-0.4, -0.2) is 51.1 Å². The smallest absolute Gasteiger partial charge is 0.416 e. The summed E-state index contributed by atoms with van der Waals surface area (Å²) in [5.41, 5.74) is 1.38. The van der Waals surface area contributed by atoms with Crippen molar-refractivity contribution in [1.29, 1.82) is 21.0 Å². The minimum atomic E-state index is -0.807. The van der Waals surface area contributed by atoms with Crippen molar-refractivity contribution in [3.05, 3.63) is 69.8 Å². The quantitative estimate of drug-likeness (QED) is 0.108. The number of nitrogens with zero attached hydrogens (tertiary/aromatic N) is 6. The summed E-state index contributed by atoms with van der Waals surface area (Å²) >= 11 is 0. The number of esters is 2. The SMILES string of the molecule is CCOC(=O)/C(C#N)=C/c1ccc(N(CC)COC(=O)N(CC)c2ccc(/C=C(\C#N)C(=O)OCC)c(C#N)c2)cc1C#N. The molecule has 0 radical (unpaired) electrons. The van der Waals surface area contributed by atoms with Crippen LogP contribution in [0.2, 0.25) is 0 Å². The molecule has 1 amide bonds. The predicted molar refractivity (Wildman–Crippen MR) is 160 cm³/mol. The highest BCUT2D eigenvalue weighted by molar-refractivity contribution is 5.99. The Labute approximate surface area is 255 Å². The summed E-state index contributed by atoms with van der Waals surface area (Å²) < 4.78 is 15.3. The maximum atomic E-state index is 13.1. The summed E-state index contributed by atoms with van der Waals surface area (Å²) in [5.74, 6) is -1.60. The third-order valence-electron chi connectivity index (χ3n) is 6.08. The molecule has 2 rings (SSSR count). The molecule has 0 unspecified atom stereocenters. The molecule has 0 saturated carbocycles. The van der Waals surface area contributed by atoms with Crippen molar-refractivity contribution in [3.63, 3.8) is 0 Å². The molecule has 0 bridgehead atoms. The lowest BCUT2D eigenvalue weighted by Crippen LogP contribution is -2.35. The maximum absolute atomic E-state index is 13.1. The van der Waals surface area contributed by atoms with Crippen molar-refractivity contribution < 1.29 is 28.6 Å². The average molecular weight is 595 g/mol. The third-order valence-corrected chi connectivity index (χ3v) is 6.08. The van der Waals surface area contributed by atoms with Gasteiger partial charge in [-0.2, -0.15) is 21.0 Å². The summed E-state index contributed by atoms with van der Waals surface area (Å²) in [6.07, 6.45) is 1.84. The molecule has 2 aromatic carbocycles. The third kappa shape index (κ3) is 8.69. The summed E-state index contributed by atoms with van der Waals surface area (Å²) in [4.78, 5) is 40.1. The summed E-state index contributed by atoms with van der Waals surface area (Å²) in [7, 11) is 0. The number of hydrogen-bond donors (Lipinski definition) is 0. The predicted octanol–water partition coefficient (Wildman–Crippen LogP) is 4.82. The molecule has 224 valence electrons. The minimum absolute atomic E-state index is 0.0907. The van der Waals surface area contributed by atoms with Crippen LogP contribution in [0.5, 0.6) is 0 Å². The molecule has 0 N–H and O–H groups in total. The first-order chi connectivity index (χ1) is 21.2. The van der Waals surface area contributed by atoms with Gasteiger partial charge in [-0.05, 0) is 75.2 Å². The molecular weight excluding hydrogens is 564 g/mol. The molecule has 0 aliphatic rings. The van der Waals surface area contributed by atoms with Gasteiger partial charge in [0, 0.05) is 24.5 Å². The average Bonchev–Trinajstić information content (AvgIpc) is 3.03. The number of ether oxygens (including phenoxy) is 3. The van der Waals surface area contributed by atoms with E-state index in [0.29, 0.717) is 29.0 Å². The van der Waals surface area contributed by atoms with E-state index in [4.69, 9.17) is 14.2 Å². The molecule has 0 aliphatic heterocycles. The van der Waals surface area contributed by atoms with Crippen LogP contribution in [-0.2, 0) is 23.8 Å². The topological polar surface area (TPSA) is 181 Å². The molecular formula is C32H30N6O6. The molecule has 2 aromatic rings. The molecule has 0 spiro atoms. The number of amides is 1. The van der Waals surface area contributed by atoms with Gasteiger partial charge in [0.2, 0.25) is 0 Å². The van der Waals surface area contributed by atoms with Gasteiger partial charge in [0.1, 0.15) is 23.3 Å². The highest BCUT2D eigenvalue weighted by Gasteiger charge is 2.20. The lowest BCUT2D eigenvalue weighted by Gasteiger charge is -2.26. The number of hydrogen-bond acceptors (Lipinski definition) is 11. The molecule has 12 nitrogen and oxygen atoms in total. The Kier molecular flexibility index (Phi) is 13.2. The zero-order valence-corrected chi connectivity index (χ0v) is 24.8. The van der Waals surface area contributed by atoms with Gasteiger partial charge in [0.25, 0.3) is 0 Å². The number of anilines is 2. The molecule has 0 fully saturated rings. The highest BCUT2D eigenvalue weighted by Crippen LogP contribution is 2.24. The van der Waals surface area contributed by atoms with Crippen molar-refractivity contribution in [2.24, 2.45) is 0 Å². The van der Waals surface area contributed by atoms with Crippen LogP contribution in [0.25, 0.3) is 12.2 Å². The molecule has 0 aliphatic carbocycles. The van der Waals surface area contributed by atoms with Crippen LogP contribution in [0.15, 0.2) is 47.5 Å². The van der Waals surface area contributed by atoms with Gasteiger partial charge < -0.3 is 19.1 Å². The van der Waals surface area contributed by atoms with E-state index >= 15 is 0 Å². The lowest BCUT2D eigenvalue weighted by molar-refractivity contribution is -0.138. The van der Waals surface area contributed by atoms with Crippen molar-refractivity contribution in [2.45, 2.75) is 27.7 Å². The maximum Gasteiger partial charge on any atom is 0.416 e. The largest absolute Gasteiger partial charge is 0.462 e. The van der Waals surface area contributed by atoms with Crippen molar-refractivity contribution >= 4 is 41.6 Å². The van der Waals surface area contributed by atoms with Crippen LogP contribution < -0.4 is 9.80 Å². The van der Waals surface area contributed by atoms with E-state index in [-0.39, 0.29) is 48.8 Å². The van der Waals surface area contributed by atoms with E-state index in [9.17, 15) is 35.4 Å². The number of nitriles is 4. The first-order valence-electron chi connectivity index (χ1n) is 13.6. The van der Waals surface area contributed by atoms with Crippen LogP contribution >= 0.6 is 0 Å². The first-order valence-corrected chi connectivity index (χ1v) is 13.6. The normalized spacial score (nSPS) is 10.7. The molecule has 0 aromatic heterocycles. The Hall–Kier alpha value is -6.11. The Morgan fingerprint density at radius 3 is 1.59 bits per heavy atom. The molecule has 12 heteroatoms.